The minimum absolute atomic E-state index is 0.288. The first-order valence-electron chi connectivity index (χ1n) is 5.28. The van der Waals surface area contributed by atoms with Gasteiger partial charge in [0, 0.05) is 0 Å². The van der Waals surface area contributed by atoms with E-state index in [2.05, 4.69) is 13.2 Å². The summed E-state index contributed by atoms with van der Waals surface area (Å²) in [6, 6.07) is 4.97. The Morgan fingerprint density at radius 2 is 1.94 bits per heavy atom. The van der Waals surface area contributed by atoms with Crippen LogP contribution in [-0.2, 0) is 0 Å². The predicted octanol–water partition coefficient (Wildman–Crippen LogP) is 4.07. The van der Waals surface area contributed by atoms with Crippen molar-refractivity contribution in [2.24, 2.45) is 0 Å². The third-order valence-corrected chi connectivity index (χ3v) is 2.55. The third-order valence-electron chi connectivity index (χ3n) is 2.55. The zero-order valence-electron chi connectivity index (χ0n) is 9.58. The van der Waals surface area contributed by atoms with Crippen molar-refractivity contribution in [3.63, 3.8) is 0 Å². The molecule has 0 atom stereocenters. The Morgan fingerprint density at radius 1 is 1.31 bits per heavy atom. The maximum Gasteiger partial charge on any atom is 0.165 e. The molecule has 86 valence electrons. The molecule has 1 aromatic carbocycles. The fourth-order valence-corrected chi connectivity index (χ4v) is 1.70. The molecule has 0 radical (unpaired) electrons. The van der Waals surface area contributed by atoms with Gasteiger partial charge in [-0.25, -0.2) is 4.39 Å². The topological polar surface area (TPSA) is 9.23 Å². The van der Waals surface area contributed by atoms with Crippen molar-refractivity contribution in [1.82, 2.24) is 0 Å². The molecule has 0 heterocycles. The molecule has 0 fully saturated rings. The van der Waals surface area contributed by atoms with Crippen molar-refractivity contribution in [3.05, 3.63) is 54.9 Å². The maximum atomic E-state index is 13.2. The average molecular weight is 220 g/mol. The van der Waals surface area contributed by atoms with Crippen LogP contribution in [0.3, 0.4) is 0 Å². The minimum Gasteiger partial charge on any atom is -0.494 e. The minimum atomic E-state index is -0.331. The van der Waals surface area contributed by atoms with Crippen molar-refractivity contribution < 1.29 is 9.13 Å². The second kappa shape index (κ2) is 6.11. The van der Waals surface area contributed by atoms with Gasteiger partial charge < -0.3 is 4.74 Å². The summed E-state index contributed by atoms with van der Waals surface area (Å²) in [7, 11) is 1.47. The van der Waals surface area contributed by atoms with Gasteiger partial charge in [-0.1, -0.05) is 18.2 Å². The molecule has 0 amide bonds. The molecule has 1 rings (SSSR count). The number of benzene rings is 1. The fraction of sp³-hybridized carbons (Fsp3) is 0.286. The van der Waals surface area contributed by atoms with E-state index in [0.29, 0.717) is 5.92 Å². The van der Waals surface area contributed by atoms with Gasteiger partial charge in [-0.3, -0.25) is 0 Å². The molecule has 1 aromatic rings. The van der Waals surface area contributed by atoms with Gasteiger partial charge in [-0.2, -0.15) is 0 Å². The van der Waals surface area contributed by atoms with Crippen molar-refractivity contribution in [3.8, 4) is 5.75 Å². The van der Waals surface area contributed by atoms with Crippen molar-refractivity contribution in [2.75, 3.05) is 7.11 Å². The van der Waals surface area contributed by atoms with E-state index in [-0.39, 0.29) is 11.6 Å². The molecule has 16 heavy (non-hydrogen) atoms. The smallest absolute Gasteiger partial charge is 0.165 e. The number of ether oxygens (including phenoxy) is 1. The van der Waals surface area contributed by atoms with Crippen LogP contribution in [-0.4, -0.2) is 7.11 Å². The molecule has 0 aromatic heterocycles. The van der Waals surface area contributed by atoms with Gasteiger partial charge in [0.1, 0.15) is 0 Å². The molecule has 2 heteroatoms. The zero-order chi connectivity index (χ0) is 12.0. The van der Waals surface area contributed by atoms with E-state index < -0.39 is 0 Å². The van der Waals surface area contributed by atoms with E-state index in [1.54, 1.807) is 12.1 Å². The van der Waals surface area contributed by atoms with Crippen LogP contribution in [0.2, 0.25) is 0 Å². The largest absolute Gasteiger partial charge is 0.494 e. The highest BCUT2D eigenvalue weighted by molar-refractivity contribution is 5.33. The molecular formula is C14H17FO. The standard InChI is InChI=1S/C14H17FO/c1-4-6-11(7-5-2)12-8-9-13(15)14(10-12)16-3/h4-5,8-11H,1-2,6-7H2,3H3. The van der Waals surface area contributed by atoms with Crippen LogP contribution in [0.15, 0.2) is 43.5 Å². The number of allylic oxidation sites excluding steroid dienone is 2. The lowest BCUT2D eigenvalue weighted by Gasteiger charge is -2.14. The Morgan fingerprint density at radius 3 is 2.44 bits per heavy atom. The first kappa shape index (κ1) is 12.5. The van der Waals surface area contributed by atoms with Crippen LogP contribution >= 0.6 is 0 Å². The summed E-state index contributed by atoms with van der Waals surface area (Å²) in [6.07, 6.45) is 5.43. The van der Waals surface area contributed by atoms with E-state index >= 15 is 0 Å². The van der Waals surface area contributed by atoms with Gasteiger partial charge in [0.15, 0.2) is 11.6 Å². The molecule has 0 bridgehead atoms. The average Bonchev–Trinajstić information content (AvgIpc) is 2.29. The van der Waals surface area contributed by atoms with E-state index in [1.807, 2.05) is 12.2 Å². The lowest BCUT2D eigenvalue weighted by molar-refractivity contribution is 0.385. The number of halogens is 1. The summed E-state index contributed by atoms with van der Waals surface area (Å²) in [5.74, 6) is 0.252. The SMILES string of the molecule is C=CCC(CC=C)c1ccc(F)c(OC)c1. The quantitative estimate of drug-likeness (QED) is 0.657. The first-order valence-corrected chi connectivity index (χ1v) is 5.28. The monoisotopic (exact) mass is 220 g/mol. The lowest BCUT2D eigenvalue weighted by Crippen LogP contribution is -1.98. The Bertz CT molecular complexity index is 361. The third kappa shape index (κ3) is 2.96. The molecule has 0 N–H and O–H groups in total. The van der Waals surface area contributed by atoms with E-state index in [4.69, 9.17) is 4.74 Å². The predicted molar refractivity (Wildman–Crippen MR) is 65.3 cm³/mol. The molecule has 0 saturated carbocycles. The van der Waals surface area contributed by atoms with E-state index in [1.165, 1.54) is 13.2 Å². The normalized spacial score (nSPS) is 10.2. The Balaban J connectivity index is 2.99. The lowest BCUT2D eigenvalue weighted by atomic mass is 9.92. The van der Waals surface area contributed by atoms with Crippen LogP contribution < -0.4 is 4.74 Å². The van der Waals surface area contributed by atoms with E-state index in [0.717, 1.165) is 18.4 Å². The summed E-state index contributed by atoms with van der Waals surface area (Å²) >= 11 is 0. The molecule has 0 unspecified atom stereocenters. The zero-order valence-corrected chi connectivity index (χ0v) is 9.58. The number of methoxy groups -OCH3 is 1. The molecule has 0 aliphatic heterocycles. The highest BCUT2D eigenvalue weighted by atomic mass is 19.1. The second-order valence-electron chi connectivity index (χ2n) is 3.64. The van der Waals surface area contributed by atoms with Crippen LogP contribution in [0, 0.1) is 5.82 Å². The fourth-order valence-electron chi connectivity index (χ4n) is 1.70. The Kier molecular flexibility index (Phi) is 4.77. The van der Waals surface area contributed by atoms with Gasteiger partial charge in [-0.15, -0.1) is 13.2 Å². The van der Waals surface area contributed by atoms with Crippen molar-refractivity contribution in [1.29, 1.82) is 0 Å². The first-order chi connectivity index (χ1) is 7.72. The van der Waals surface area contributed by atoms with Gasteiger partial charge >= 0.3 is 0 Å². The summed E-state index contributed by atoms with van der Waals surface area (Å²) in [6.45, 7) is 7.46. The van der Waals surface area contributed by atoms with Crippen molar-refractivity contribution in [2.45, 2.75) is 18.8 Å². The van der Waals surface area contributed by atoms with Crippen LogP contribution in [0.1, 0.15) is 24.3 Å². The maximum absolute atomic E-state index is 13.2. The van der Waals surface area contributed by atoms with Gasteiger partial charge in [0.2, 0.25) is 0 Å². The van der Waals surface area contributed by atoms with E-state index in [9.17, 15) is 4.39 Å². The van der Waals surface area contributed by atoms with Crippen LogP contribution in [0.5, 0.6) is 5.75 Å². The molecule has 0 aliphatic rings. The van der Waals surface area contributed by atoms with Crippen LogP contribution in [0.4, 0.5) is 4.39 Å². The highest BCUT2D eigenvalue weighted by Crippen LogP contribution is 2.28. The summed E-state index contributed by atoms with van der Waals surface area (Å²) in [5.41, 5.74) is 1.05. The molecular weight excluding hydrogens is 203 g/mol. The highest BCUT2D eigenvalue weighted by Gasteiger charge is 2.11. The number of hydrogen-bond donors (Lipinski definition) is 0. The number of hydrogen-bond acceptors (Lipinski definition) is 1. The summed E-state index contributed by atoms with van der Waals surface area (Å²) in [5, 5.41) is 0. The van der Waals surface area contributed by atoms with Gasteiger partial charge in [0.05, 0.1) is 7.11 Å². The second-order valence-corrected chi connectivity index (χ2v) is 3.64. The summed E-state index contributed by atoms with van der Waals surface area (Å²) < 4.78 is 18.2. The van der Waals surface area contributed by atoms with Gasteiger partial charge in [-0.05, 0) is 36.5 Å². The number of rotatable bonds is 6. The molecule has 0 spiro atoms. The van der Waals surface area contributed by atoms with Crippen LogP contribution in [0.25, 0.3) is 0 Å². The molecule has 0 saturated heterocycles. The molecule has 1 nitrogen and oxygen atoms in total. The Labute approximate surface area is 96.3 Å². The Hall–Kier alpha value is -1.57. The summed E-state index contributed by atoms with van der Waals surface area (Å²) in [4.78, 5) is 0. The van der Waals surface area contributed by atoms with Gasteiger partial charge in [0.25, 0.3) is 0 Å². The molecule has 0 aliphatic carbocycles. The van der Waals surface area contributed by atoms with Crippen molar-refractivity contribution >= 4 is 0 Å².